The number of nitrogens with one attached hydrogen (secondary N) is 1. The summed E-state index contributed by atoms with van der Waals surface area (Å²) in [6.07, 6.45) is 0. The number of hydrogen-bond donors (Lipinski definition) is 1. The summed E-state index contributed by atoms with van der Waals surface area (Å²) in [5, 5.41) is 5.76. The van der Waals surface area contributed by atoms with Crippen LogP contribution in [-0.2, 0) is 0 Å². The van der Waals surface area contributed by atoms with E-state index in [4.69, 9.17) is 0 Å². The molecule has 2 unspecified atom stereocenters. The third-order valence-corrected chi connectivity index (χ3v) is 4.32. The Hall–Kier alpha value is 0.01000. The average Bonchev–Trinajstić information content (AvgIpc) is 2.56. The summed E-state index contributed by atoms with van der Waals surface area (Å²) in [6, 6.07) is 5.61. The number of rotatable bonds is 1. The van der Waals surface area contributed by atoms with Crippen molar-refractivity contribution < 1.29 is 0 Å². The van der Waals surface area contributed by atoms with Crippen molar-refractivity contribution in [2.24, 2.45) is 0 Å². The minimum Gasteiger partial charge on any atom is -0.305 e. The van der Waals surface area contributed by atoms with Gasteiger partial charge in [0.25, 0.3) is 0 Å². The van der Waals surface area contributed by atoms with Gasteiger partial charge in [-0.3, -0.25) is 0 Å². The van der Waals surface area contributed by atoms with Crippen LogP contribution in [0, 0.1) is 0 Å². The SMILES string of the molecule is CC1CSCC(c2cccs2)N1. The second-order valence-corrected chi connectivity index (χ2v) is 5.23. The molecule has 0 radical (unpaired) electrons. The van der Waals surface area contributed by atoms with Gasteiger partial charge in [0.2, 0.25) is 0 Å². The van der Waals surface area contributed by atoms with Crippen LogP contribution in [0.1, 0.15) is 17.8 Å². The highest BCUT2D eigenvalue weighted by Gasteiger charge is 2.19. The molecule has 12 heavy (non-hydrogen) atoms. The summed E-state index contributed by atoms with van der Waals surface area (Å²) in [6.45, 7) is 2.26. The highest BCUT2D eigenvalue weighted by atomic mass is 32.2. The van der Waals surface area contributed by atoms with Crippen molar-refractivity contribution in [2.75, 3.05) is 11.5 Å². The first-order valence-corrected chi connectivity index (χ1v) is 6.27. The fraction of sp³-hybridized carbons (Fsp3) is 0.556. The van der Waals surface area contributed by atoms with Crippen molar-refractivity contribution in [2.45, 2.75) is 19.0 Å². The van der Waals surface area contributed by atoms with E-state index >= 15 is 0 Å². The monoisotopic (exact) mass is 199 g/mol. The molecule has 2 rings (SSSR count). The molecule has 1 aromatic rings. The third kappa shape index (κ3) is 1.84. The molecule has 0 saturated carbocycles. The van der Waals surface area contributed by atoms with Crippen molar-refractivity contribution in [3.8, 4) is 0 Å². The summed E-state index contributed by atoms with van der Waals surface area (Å²) in [4.78, 5) is 1.48. The first-order valence-electron chi connectivity index (χ1n) is 4.23. The molecular weight excluding hydrogens is 186 g/mol. The molecule has 1 aromatic heterocycles. The molecule has 2 heterocycles. The van der Waals surface area contributed by atoms with Crippen LogP contribution >= 0.6 is 23.1 Å². The van der Waals surface area contributed by atoms with E-state index in [9.17, 15) is 0 Å². The van der Waals surface area contributed by atoms with E-state index in [-0.39, 0.29) is 0 Å². The summed E-state index contributed by atoms with van der Waals surface area (Å²) in [5.74, 6) is 2.48. The van der Waals surface area contributed by atoms with Gasteiger partial charge in [-0.2, -0.15) is 11.8 Å². The Balaban J connectivity index is 2.04. The highest BCUT2D eigenvalue weighted by Crippen LogP contribution is 2.27. The molecule has 1 nitrogen and oxygen atoms in total. The fourth-order valence-electron chi connectivity index (χ4n) is 1.46. The largest absolute Gasteiger partial charge is 0.305 e. The second kappa shape index (κ2) is 3.81. The molecule has 66 valence electrons. The second-order valence-electron chi connectivity index (χ2n) is 3.17. The lowest BCUT2D eigenvalue weighted by Gasteiger charge is -2.27. The quantitative estimate of drug-likeness (QED) is 0.746. The number of thiophene rings is 1. The minimum absolute atomic E-state index is 0.596. The molecule has 1 aliphatic heterocycles. The molecule has 1 saturated heterocycles. The predicted octanol–water partition coefficient (Wildman–Crippen LogP) is 2.51. The molecule has 0 aliphatic carbocycles. The topological polar surface area (TPSA) is 12.0 Å². The summed E-state index contributed by atoms with van der Waals surface area (Å²) in [5.41, 5.74) is 0. The Morgan fingerprint density at radius 2 is 2.42 bits per heavy atom. The van der Waals surface area contributed by atoms with Gasteiger partial charge in [0.1, 0.15) is 0 Å². The van der Waals surface area contributed by atoms with Gasteiger partial charge in [-0.05, 0) is 18.4 Å². The van der Waals surface area contributed by atoms with Crippen LogP contribution in [0.25, 0.3) is 0 Å². The zero-order chi connectivity index (χ0) is 8.39. The van der Waals surface area contributed by atoms with Gasteiger partial charge in [-0.1, -0.05) is 6.07 Å². The van der Waals surface area contributed by atoms with E-state index in [1.165, 1.54) is 16.4 Å². The van der Waals surface area contributed by atoms with Gasteiger partial charge < -0.3 is 5.32 Å². The maximum Gasteiger partial charge on any atom is 0.0508 e. The van der Waals surface area contributed by atoms with Gasteiger partial charge in [-0.15, -0.1) is 11.3 Å². The Labute approximate surface area is 81.6 Å². The zero-order valence-corrected chi connectivity index (χ0v) is 8.75. The maximum absolute atomic E-state index is 3.61. The summed E-state index contributed by atoms with van der Waals surface area (Å²) >= 11 is 3.91. The lowest BCUT2D eigenvalue weighted by molar-refractivity contribution is 0.508. The molecule has 3 heteroatoms. The Morgan fingerprint density at radius 3 is 3.08 bits per heavy atom. The lowest BCUT2D eigenvalue weighted by atomic mass is 10.2. The van der Waals surface area contributed by atoms with E-state index in [1.807, 2.05) is 11.3 Å². The van der Waals surface area contributed by atoms with Gasteiger partial charge >= 0.3 is 0 Å². The van der Waals surface area contributed by atoms with Crippen molar-refractivity contribution in [3.05, 3.63) is 22.4 Å². The molecule has 1 aliphatic rings. The van der Waals surface area contributed by atoms with Crippen molar-refractivity contribution in [1.82, 2.24) is 5.32 Å². The first kappa shape index (κ1) is 8.60. The molecule has 1 fully saturated rings. The molecule has 0 spiro atoms. The Bertz CT molecular complexity index is 233. The number of hydrogen-bond acceptors (Lipinski definition) is 3. The van der Waals surface area contributed by atoms with Gasteiger partial charge in [0.15, 0.2) is 0 Å². The number of thioether (sulfide) groups is 1. The lowest BCUT2D eigenvalue weighted by Crippen LogP contribution is -2.37. The van der Waals surface area contributed by atoms with Crippen LogP contribution in [0.5, 0.6) is 0 Å². The summed E-state index contributed by atoms with van der Waals surface area (Å²) < 4.78 is 0. The van der Waals surface area contributed by atoms with E-state index in [2.05, 4.69) is 41.5 Å². The third-order valence-electron chi connectivity index (χ3n) is 2.02. The first-order chi connectivity index (χ1) is 5.86. The average molecular weight is 199 g/mol. The molecule has 0 aromatic carbocycles. The van der Waals surface area contributed by atoms with E-state index in [0.717, 1.165) is 0 Å². The van der Waals surface area contributed by atoms with Crippen LogP contribution in [-0.4, -0.2) is 17.5 Å². The zero-order valence-electron chi connectivity index (χ0n) is 7.12. The maximum atomic E-state index is 3.61. The van der Waals surface area contributed by atoms with Crippen LogP contribution < -0.4 is 5.32 Å². The molecule has 1 N–H and O–H groups in total. The van der Waals surface area contributed by atoms with Crippen molar-refractivity contribution >= 4 is 23.1 Å². The Morgan fingerprint density at radius 1 is 1.50 bits per heavy atom. The van der Waals surface area contributed by atoms with Crippen LogP contribution in [0.4, 0.5) is 0 Å². The minimum atomic E-state index is 0.596. The van der Waals surface area contributed by atoms with Gasteiger partial charge in [-0.25, -0.2) is 0 Å². The molecule has 0 bridgehead atoms. The Kier molecular flexibility index (Phi) is 2.73. The van der Waals surface area contributed by atoms with E-state index in [1.54, 1.807) is 0 Å². The van der Waals surface area contributed by atoms with Gasteiger partial charge in [0.05, 0.1) is 6.04 Å². The van der Waals surface area contributed by atoms with Crippen LogP contribution in [0.2, 0.25) is 0 Å². The van der Waals surface area contributed by atoms with Crippen LogP contribution in [0.15, 0.2) is 17.5 Å². The molecule has 0 amide bonds. The smallest absolute Gasteiger partial charge is 0.0508 e. The van der Waals surface area contributed by atoms with Crippen molar-refractivity contribution in [3.63, 3.8) is 0 Å². The predicted molar refractivity (Wildman–Crippen MR) is 57.0 cm³/mol. The normalized spacial score (nSPS) is 30.4. The van der Waals surface area contributed by atoms with Gasteiger partial charge in [0, 0.05) is 22.4 Å². The van der Waals surface area contributed by atoms with Crippen molar-refractivity contribution in [1.29, 1.82) is 0 Å². The fourth-order valence-corrected chi connectivity index (χ4v) is 3.45. The standard InChI is InChI=1S/C9H13NS2/c1-7-5-11-6-8(10-7)9-3-2-4-12-9/h2-4,7-8,10H,5-6H2,1H3. The summed E-state index contributed by atoms with van der Waals surface area (Å²) in [7, 11) is 0. The molecular formula is C9H13NS2. The highest BCUT2D eigenvalue weighted by molar-refractivity contribution is 7.99. The van der Waals surface area contributed by atoms with Crippen LogP contribution in [0.3, 0.4) is 0 Å². The van der Waals surface area contributed by atoms with E-state index < -0.39 is 0 Å². The molecule has 2 atom stereocenters. The van der Waals surface area contributed by atoms with E-state index in [0.29, 0.717) is 12.1 Å².